The first-order valence-corrected chi connectivity index (χ1v) is 9.09. The van der Waals surface area contributed by atoms with E-state index in [0.29, 0.717) is 28.6 Å². The van der Waals surface area contributed by atoms with Gasteiger partial charge in [0.2, 0.25) is 0 Å². The fraction of sp³-hybridized carbons (Fsp3) is 0.0909. The fourth-order valence-electron chi connectivity index (χ4n) is 3.06. The monoisotopic (exact) mass is 393 g/mol. The van der Waals surface area contributed by atoms with Crippen molar-refractivity contribution < 1.29 is 9.13 Å². The molecule has 0 N–H and O–H groups in total. The molecule has 2 aromatic carbocycles. The molecule has 0 saturated carbocycles. The Morgan fingerprint density at radius 3 is 2.50 bits per heavy atom. The smallest absolute Gasteiger partial charge is 0.148 e. The summed E-state index contributed by atoms with van der Waals surface area (Å²) in [5.74, 6) is 0.738. The number of hydrogen-bond acceptors (Lipinski definition) is 3. The Labute approximate surface area is 167 Å². The van der Waals surface area contributed by atoms with Crippen LogP contribution in [-0.4, -0.2) is 21.6 Å². The van der Waals surface area contributed by atoms with E-state index in [2.05, 4.69) is 4.98 Å². The van der Waals surface area contributed by atoms with E-state index in [9.17, 15) is 4.39 Å². The number of benzene rings is 2. The minimum atomic E-state index is -0.359. The van der Waals surface area contributed by atoms with E-state index in [1.165, 1.54) is 19.2 Å². The molecule has 0 unspecified atom stereocenters. The molecule has 2 heterocycles. The number of aromatic nitrogens is 3. The zero-order valence-electron chi connectivity index (χ0n) is 15.1. The fourth-order valence-corrected chi connectivity index (χ4v) is 3.19. The van der Waals surface area contributed by atoms with E-state index in [4.69, 9.17) is 21.3 Å². The van der Waals surface area contributed by atoms with Crippen LogP contribution in [0.4, 0.5) is 4.39 Å². The highest BCUT2D eigenvalue weighted by Crippen LogP contribution is 2.32. The average molecular weight is 394 g/mol. The third kappa shape index (κ3) is 3.75. The second-order valence-corrected chi connectivity index (χ2v) is 6.72. The first kappa shape index (κ1) is 18.2. The van der Waals surface area contributed by atoms with Crippen molar-refractivity contribution in [2.24, 2.45) is 0 Å². The normalized spacial score (nSPS) is 10.8. The molecule has 0 aliphatic carbocycles. The van der Waals surface area contributed by atoms with Gasteiger partial charge in [-0.2, -0.15) is 0 Å². The highest BCUT2D eigenvalue weighted by Gasteiger charge is 2.17. The molecule has 0 bridgehead atoms. The van der Waals surface area contributed by atoms with E-state index in [1.807, 2.05) is 47.2 Å². The maximum atomic E-state index is 13.7. The minimum Gasteiger partial charge on any atom is -0.496 e. The molecular formula is C22H17ClFN3O. The Bertz CT molecular complexity index is 1090. The maximum absolute atomic E-state index is 13.7. The van der Waals surface area contributed by atoms with Crippen molar-refractivity contribution in [3.05, 3.63) is 95.3 Å². The molecule has 140 valence electrons. The maximum Gasteiger partial charge on any atom is 0.148 e. The van der Waals surface area contributed by atoms with Crippen molar-refractivity contribution in [2.75, 3.05) is 7.11 Å². The summed E-state index contributed by atoms with van der Waals surface area (Å²) >= 11 is 6.04. The van der Waals surface area contributed by atoms with Crippen molar-refractivity contribution in [3.63, 3.8) is 0 Å². The zero-order chi connectivity index (χ0) is 19.5. The quantitative estimate of drug-likeness (QED) is 0.460. The molecule has 0 amide bonds. The highest BCUT2D eigenvalue weighted by atomic mass is 35.5. The zero-order valence-corrected chi connectivity index (χ0v) is 15.9. The van der Waals surface area contributed by atoms with Crippen LogP contribution in [0.25, 0.3) is 17.1 Å². The number of hydrogen-bond donors (Lipinski definition) is 0. The van der Waals surface area contributed by atoms with Gasteiger partial charge in [-0.1, -0.05) is 11.6 Å². The molecule has 2 aromatic heterocycles. The van der Waals surface area contributed by atoms with Crippen LogP contribution in [0.1, 0.15) is 11.3 Å². The molecule has 0 atom stereocenters. The summed E-state index contributed by atoms with van der Waals surface area (Å²) in [6.45, 7) is 0. The van der Waals surface area contributed by atoms with Gasteiger partial charge in [-0.25, -0.2) is 9.37 Å². The molecule has 0 aliphatic rings. The van der Waals surface area contributed by atoms with Crippen molar-refractivity contribution >= 4 is 11.6 Å². The summed E-state index contributed by atoms with van der Waals surface area (Å²) in [6.07, 6.45) is 6.15. The predicted molar refractivity (Wildman–Crippen MR) is 108 cm³/mol. The second kappa shape index (κ2) is 7.82. The number of halogens is 2. The van der Waals surface area contributed by atoms with Crippen molar-refractivity contribution in [1.29, 1.82) is 0 Å². The predicted octanol–water partition coefficient (Wildman–Crippen LogP) is 5.33. The van der Waals surface area contributed by atoms with Gasteiger partial charge in [0.15, 0.2) is 0 Å². The average Bonchev–Trinajstić information content (AvgIpc) is 3.12. The standard InChI is InChI=1S/C22H17ClFN3O/c1-28-21-13-17(24)4-7-20(21)22-26-18(12-15-8-10-25-11-9-15)14-27(22)19-5-2-16(23)3-6-19/h2-11,13-14H,12H2,1H3. The largest absolute Gasteiger partial charge is 0.496 e. The van der Waals surface area contributed by atoms with Crippen molar-refractivity contribution in [3.8, 4) is 22.8 Å². The summed E-state index contributed by atoms with van der Waals surface area (Å²) in [5.41, 5.74) is 3.59. The van der Waals surface area contributed by atoms with Gasteiger partial charge in [-0.3, -0.25) is 9.55 Å². The molecule has 28 heavy (non-hydrogen) atoms. The number of pyridine rings is 1. The molecular weight excluding hydrogens is 377 g/mol. The van der Waals surface area contributed by atoms with Crippen molar-refractivity contribution in [2.45, 2.75) is 6.42 Å². The van der Waals surface area contributed by atoms with Gasteiger partial charge in [0.05, 0.1) is 18.4 Å². The van der Waals surface area contributed by atoms with Gasteiger partial charge in [0.25, 0.3) is 0 Å². The van der Waals surface area contributed by atoms with E-state index < -0.39 is 0 Å². The molecule has 4 rings (SSSR count). The summed E-state index contributed by atoms with van der Waals surface area (Å²) < 4.78 is 21.0. The van der Waals surface area contributed by atoms with E-state index >= 15 is 0 Å². The SMILES string of the molecule is COc1cc(F)ccc1-c1nc(Cc2ccncc2)cn1-c1ccc(Cl)cc1. The van der Waals surface area contributed by atoms with E-state index in [0.717, 1.165) is 16.9 Å². The van der Waals surface area contributed by atoms with Crippen LogP contribution in [0.5, 0.6) is 5.75 Å². The number of imidazole rings is 1. The third-order valence-corrected chi connectivity index (χ3v) is 4.65. The Morgan fingerprint density at radius 2 is 1.79 bits per heavy atom. The number of rotatable bonds is 5. The van der Waals surface area contributed by atoms with Crippen LogP contribution >= 0.6 is 11.6 Å². The lowest BCUT2D eigenvalue weighted by molar-refractivity contribution is 0.412. The number of ether oxygens (including phenoxy) is 1. The van der Waals surface area contributed by atoms with Crippen LogP contribution < -0.4 is 4.74 Å². The summed E-state index contributed by atoms with van der Waals surface area (Å²) in [4.78, 5) is 8.87. The van der Waals surface area contributed by atoms with E-state index in [-0.39, 0.29) is 5.82 Å². The molecule has 6 heteroatoms. The van der Waals surface area contributed by atoms with Gasteiger partial charge in [-0.15, -0.1) is 0 Å². The van der Waals surface area contributed by atoms with Gasteiger partial charge in [0, 0.05) is 41.8 Å². The Morgan fingerprint density at radius 1 is 1.04 bits per heavy atom. The molecule has 0 radical (unpaired) electrons. The molecule has 4 aromatic rings. The minimum absolute atomic E-state index is 0.359. The van der Waals surface area contributed by atoms with Gasteiger partial charge < -0.3 is 4.74 Å². The van der Waals surface area contributed by atoms with Crippen LogP contribution in [0.2, 0.25) is 5.02 Å². The Kier molecular flexibility index (Phi) is 5.08. The topological polar surface area (TPSA) is 39.9 Å². The van der Waals surface area contributed by atoms with Gasteiger partial charge >= 0.3 is 0 Å². The lowest BCUT2D eigenvalue weighted by Crippen LogP contribution is -1.98. The van der Waals surface area contributed by atoms with Crippen LogP contribution in [0.15, 0.2) is 73.2 Å². The molecule has 0 fully saturated rings. The van der Waals surface area contributed by atoms with E-state index in [1.54, 1.807) is 18.5 Å². The van der Waals surface area contributed by atoms with Crippen LogP contribution in [0.3, 0.4) is 0 Å². The summed E-state index contributed by atoms with van der Waals surface area (Å²) in [7, 11) is 1.52. The second-order valence-electron chi connectivity index (χ2n) is 6.28. The lowest BCUT2D eigenvalue weighted by Gasteiger charge is -2.11. The molecule has 0 saturated heterocycles. The van der Waals surface area contributed by atoms with Gasteiger partial charge in [-0.05, 0) is 54.1 Å². The number of methoxy groups -OCH3 is 1. The van der Waals surface area contributed by atoms with Crippen LogP contribution in [-0.2, 0) is 6.42 Å². The number of nitrogens with zero attached hydrogens (tertiary/aromatic N) is 3. The Hall–Kier alpha value is -3.18. The summed E-state index contributed by atoms with van der Waals surface area (Å²) in [5, 5.41) is 0.654. The molecule has 0 spiro atoms. The Balaban J connectivity index is 1.84. The molecule has 4 nitrogen and oxygen atoms in total. The van der Waals surface area contributed by atoms with Gasteiger partial charge in [0.1, 0.15) is 17.4 Å². The third-order valence-electron chi connectivity index (χ3n) is 4.40. The van der Waals surface area contributed by atoms with Crippen molar-refractivity contribution in [1.82, 2.24) is 14.5 Å². The lowest BCUT2D eigenvalue weighted by atomic mass is 10.1. The first-order valence-electron chi connectivity index (χ1n) is 8.71. The molecule has 0 aliphatic heterocycles. The summed E-state index contributed by atoms with van der Waals surface area (Å²) in [6, 6.07) is 15.8. The van der Waals surface area contributed by atoms with Crippen LogP contribution in [0, 0.1) is 5.82 Å². The first-order chi connectivity index (χ1) is 13.6. The highest BCUT2D eigenvalue weighted by molar-refractivity contribution is 6.30.